The highest BCUT2D eigenvalue weighted by molar-refractivity contribution is 5.61. The van der Waals surface area contributed by atoms with Gasteiger partial charge in [0.15, 0.2) is 5.82 Å². The number of benzene rings is 1. The Morgan fingerprint density at radius 2 is 1.86 bits per heavy atom. The summed E-state index contributed by atoms with van der Waals surface area (Å²) in [5, 5.41) is 13.8. The molecule has 0 bridgehead atoms. The molecule has 1 aliphatic rings. The first-order valence-corrected chi connectivity index (χ1v) is 7.01. The van der Waals surface area contributed by atoms with Crippen molar-refractivity contribution < 1.29 is 4.92 Å². The fourth-order valence-corrected chi connectivity index (χ4v) is 2.66. The molecule has 0 saturated heterocycles. The number of nitrogens with zero attached hydrogens (tertiary/aromatic N) is 3. The largest absolute Gasteiger partial charge is 0.373 e. The Balaban J connectivity index is 2.03. The molecule has 0 spiro atoms. The van der Waals surface area contributed by atoms with E-state index in [9.17, 15) is 10.1 Å². The molecular formula is C15H16N4O2. The van der Waals surface area contributed by atoms with Crippen LogP contribution >= 0.6 is 0 Å². The first-order chi connectivity index (χ1) is 10.2. The van der Waals surface area contributed by atoms with Crippen LogP contribution in [0.1, 0.15) is 24.1 Å². The Labute approximate surface area is 122 Å². The summed E-state index contributed by atoms with van der Waals surface area (Å²) in [5.74, 6) is 1.49. The number of nitro groups is 1. The van der Waals surface area contributed by atoms with Crippen LogP contribution < -0.4 is 5.32 Å². The monoisotopic (exact) mass is 284 g/mol. The molecule has 2 aromatic rings. The summed E-state index contributed by atoms with van der Waals surface area (Å²) >= 11 is 0. The van der Waals surface area contributed by atoms with Crippen LogP contribution in [0.5, 0.6) is 0 Å². The van der Waals surface area contributed by atoms with E-state index in [1.807, 2.05) is 7.05 Å². The third kappa shape index (κ3) is 2.56. The Kier molecular flexibility index (Phi) is 3.51. The molecule has 1 aromatic carbocycles. The molecule has 0 fully saturated rings. The van der Waals surface area contributed by atoms with Gasteiger partial charge in [-0.15, -0.1) is 0 Å². The molecule has 1 heterocycles. The average molecular weight is 284 g/mol. The fourth-order valence-electron chi connectivity index (χ4n) is 2.66. The minimum absolute atomic E-state index is 0.0746. The number of rotatable bonds is 3. The lowest BCUT2D eigenvalue weighted by Crippen LogP contribution is -2.11. The van der Waals surface area contributed by atoms with Crippen molar-refractivity contribution in [1.82, 2.24) is 9.97 Å². The molecule has 1 N–H and O–H groups in total. The second kappa shape index (κ2) is 5.47. The van der Waals surface area contributed by atoms with Crippen molar-refractivity contribution in [2.24, 2.45) is 0 Å². The lowest BCUT2D eigenvalue weighted by Gasteiger charge is -2.18. The summed E-state index contributed by atoms with van der Waals surface area (Å²) in [6.45, 7) is 0. The number of nitrogens with one attached hydrogen (secondary N) is 1. The fraction of sp³-hybridized carbons (Fsp3) is 0.333. The van der Waals surface area contributed by atoms with Crippen LogP contribution in [-0.2, 0) is 12.8 Å². The molecule has 0 aliphatic heterocycles. The van der Waals surface area contributed by atoms with Gasteiger partial charge in [-0.1, -0.05) is 0 Å². The van der Waals surface area contributed by atoms with Gasteiger partial charge in [0.05, 0.1) is 4.92 Å². The summed E-state index contributed by atoms with van der Waals surface area (Å²) in [5.41, 5.74) is 3.17. The van der Waals surface area contributed by atoms with Crippen molar-refractivity contribution in [3.8, 4) is 11.4 Å². The van der Waals surface area contributed by atoms with Crippen molar-refractivity contribution in [1.29, 1.82) is 0 Å². The number of anilines is 1. The third-order valence-electron chi connectivity index (χ3n) is 3.76. The predicted molar refractivity (Wildman–Crippen MR) is 80.3 cm³/mol. The molecule has 108 valence electrons. The molecule has 6 heteroatoms. The number of fused-ring (bicyclic) bond motifs is 1. The number of aromatic nitrogens is 2. The van der Waals surface area contributed by atoms with Gasteiger partial charge in [-0.2, -0.15) is 0 Å². The number of hydrogen-bond donors (Lipinski definition) is 1. The van der Waals surface area contributed by atoms with Crippen molar-refractivity contribution in [2.45, 2.75) is 25.7 Å². The van der Waals surface area contributed by atoms with Gasteiger partial charge in [-0.3, -0.25) is 10.1 Å². The normalized spacial score (nSPS) is 13.6. The molecule has 21 heavy (non-hydrogen) atoms. The highest BCUT2D eigenvalue weighted by Gasteiger charge is 2.18. The first kappa shape index (κ1) is 13.5. The average Bonchev–Trinajstić information content (AvgIpc) is 2.53. The topological polar surface area (TPSA) is 81.0 Å². The van der Waals surface area contributed by atoms with Gasteiger partial charge in [0.1, 0.15) is 5.82 Å². The highest BCUT2D eigenvalue weighted by atomic mass is 16.6. The lowest BCUT2D eigenvalue weighted by molar-refractivity contribution is -0.384. The van der Waals surface area contributed by atoms with E-state index in [4.69, 9.17) is 0 Å². The second-order valence-corrected chi connectivity index (χ2v) is 5.08. The van der Waals surface area contributed by atoms with E-state index in [0.29, 0.717) is 5.82 Å². The molecule has 1 aliphatic carbocycles. The van der Waals surface area contributed by atoms with Crippen molar-refractivity contribution in [3.63, 3.8) is 0 Å². The predicted octanol–water partition coefficient (Wildman–Crippen LogP) is 2.97. The van der Waals surface area contributed by atoms with Crippen molar-refractivity contribution in [3.05, 3.63) is 45.6 Å². The van der Waals surface area contributed by atoms with Gasteiger partial charge in [-0.25, -0.2) is 9.97 Å². The van der Waals surface area contributed by atoms with Crippen LogP contribution in [0.4, 0.5) is 11.5 Å². The molecule has 0 unspecified atom stereocenters. The maximum absolute atomic E-state index is 10.7. The van der Waals surface area contributed by atoms with Gasteiger partial charge in [0.2, 0.25) is 0 Å². The summed E-state index contributed by atoms with van der Waals surface area (Å²) in [6, 6.07) is 6.36. The SMILES string of the molecule is CNc1nc(-c2ccc([N+](=O)[O-])cc2)nc2c1CCCC2. The third-order valence-corrected chi connectivity index (χ3v) is 3.76. The Morgan fingerprint density at radius 3 is 2.52 bits per heavy atom. The quantitative estimate of drug-likeness (QED) is 0.692. The van der Waals surface area contributed by atoms with Crippen LogP contribution in [-0.4, -0.2) is 21.9 Å². The van der Waals surface area contributed by atoms with Gasteiger partial charge in [0, 0.05) is 36.0 Å². The number of hydrogen-bond acceptors (Lipinski definition) is 5. The van der Waals surface area contributed by atoms with E-state index in [1.54, 1.807) is 12.1 Å². The lowest BCUT2D eigenvalue weighted by atomic mass is 9.96. The van der Waals surface area contributed by atoms with Crippen LogP contribution in [0, 0.1) is 10.1 Å². The maximum atomic E-state index is 10.7. The Bertz CT molecular complexity index is 666. The molecule has 0 radical (unpaired) electrons. The molecule has 3 rings (SSSR count). The van der Waals surface area contributed by atoms with Crippen LogP contribution in [0.3, 0.4) is 0 Å². The van der Waals surface area contributed by atoms with E-state index in [1.165, 1.54) is 24.1 Å². The minimum Gasteiger partial charge on any atom is -0.373 e. The first-order valence-electron chi connectivity index (χ1n) is 7.01. The van der Waals surface area contributed by atoms with Gasteiger partial charge >= 0.3 is 0 Å². The molecule has 6 nitrogen and oxygen atoms in total. The van der Waals surface area contributed by atoms with E-state index >= 15 is 0 Å². The van der Waals surface area contributed by atoms with Crippen molar-refractivity contribution in [2.75, 3.05) is 12.4 Å². The van der Waals surface area contributed by atoms with Gasteiger partial charge < -0.3 is 5.32 Å². The standard InChI is InChI=1S/C15H16N4O2/c1-16-15-12-4-2-3-5-13(12)17-14(18-15)10-6-8-11(9-7-10)19(20)21/h6-9H,2-5H2,1H3,(H,16,17,18). The summed E-state index contributed by atoms with van der Waals surface area (Å²) in [4.78, 5) is 19.5. The summed E-state index contributed by atoms with van der Waals surface area (Å²) in [6.07, 6.45) is 4.29. The molecular weight excluding hydrogens is 268 g/mol. The highest BCUT2D eigenvalue weighted by Crippen LogP contribution is 2.28. The maximum Gasteiger partial charge on any atom is 0.269 e. The van der Waals surface area contributed by atoms with Crippen LogP contribution in [0.15, 0.2) is 24.3 Å². The zero-order valence-corrected chi connectivity index (χ0v) is 11.8. The number of non-ortho nitro benzene ring substituents is 1. The smallest absolute Gasteiger partial charge is 0.269 e. The Hall–Kier alpha value is -2.50. The zero-order valence-electron chi connectivity index (χ0n) is 11.8. The molecule has 0 atom stereocenters. The van der Waals surface area contributed by atoms with E-state index in [-0.39, 0.29) is 5.69 Å². The zero-order chi connectivity index (χ0) is 14.8. The van der Waals surface area contributed by atoms with E-state index in [0.717, 1.165) is 36.3 Å². The summed E-state index contributed by atoms with van der Waals surface area (Å²) in [7, 11) is 1.86. The number of aryl methyl sites for hydroxylation is 1. The summed E-state index contributed by atoms with van der Waals surface area (Å²) < 4.78 is 0. The Morgan fingerprint density at radius 1 is 1.14 bits per heavy atom. The van der Waals surface area contributed by atoms with Crippen LogP contribution in [0.25, 0.3) is 11.4 Å². The van der Waals surface area contributed by atoms with Crippen LogP contribution in [0.2, 0.25) is 0 Å². The van der Waals surface area contributed by atoms with Crippen molar-refractivity contribution >= 4 is 11.5 Å². The van der Waals surface area contributed by atoms with E-state index in [2.05, 4.69) is 15.3 Å². The molecule has 0 amide bonds. The number of nitro benzene ring substituents is 1. The second-order valence-electron chi connectivity index (χ2n) is 5.08. The molecule has 0 saturated carbocycles. The minimum atomic E-state index is -0.406. The van der Waals surface area contributed by atoms with Gasteiger partial charge in [-0.05, 0) is 37.8 Å². The van der Waals surface area contributed by atoms with Gasteiger partial charge in [0.25, 0.3) is 5.69 Å². The molecule has 1 aromatic heterocycles. The van der Waals surface area contributed by atoms with E-state index < -0.39 is 4.92 Å².